The fourth-order valence-corrected chi connectivity index (χ4v) is 1.67. The fraction of sp³-hybridized carbons (Fsp3) is 0.500. The number of alkyl halides is 6. The summed E-state index contributed by atoms with van der Waals surface area (Å²) in [4.78, 5) is 11.4. The van der Waals surface area contributed by atoms with Gasteiger partial charge in [0.2, 0.25) is 0 Å². The van der Waals surface area contributed by atoms with Crippen molar-refractivity contribution in [1.29, 1.82) is 0 Å². The average Bonchev–Trinajstić information content (AvgIpc) is 2.47. The van der Waals surface area contributed by atoms with Crippen LogP contribution in [-0.4, -0.2) is 32.0 Å². The van der Waals surface area contributed by atoms with Crippen molar-refractivity contribution < 1.29 is 35.9 Å². The molecule has 1 rings (SSSR count). The fourth-order valence-electron chi connectivity index (χ4n) is 1.67. The first kappa shape index (κ1) is 20.1. The van der Waals surface area contributed by atoms with Gasteiger partial charge >= 0.3 is 18.4 Å². The topological polar surface area (TPSA) is 50.4 Å². The first-order valence-corrected chi connectivity index (χ1v) is 6.90. The summed E-state index contributed by atoms with van der Waals surface area (Å²) in [6.45, 7) is -1.56. The number of carbonyl (C=O) groups is 1. The number of amides is 2. The molecular weight excluding hydrogens is 342 g/mol. The van der Waals surface area contributed by atoms with Gasteiger partial charge in [-0.25, -0.2) is 4.79 Å². The van der Waals surface area contributed by atoms with Gasteiger partial charge in [-0.3, -0.25) is 0 Å². The highest BCUT2D eigenvalue weighted by molar-refractivity contribution is 5.73. The van der Waals surface area contributed by atoms with Crippen LogP contribution in [0.5, 0.6) is 0 Å². The summed E-state index contributed by atoms with van der Waals surface area (Å²) >= 11 is 0. The molecule has 24 heavy (non-hydrogen) atoms. The van der Waals surface area contributed by atoms with E-state index in [1.807, 2.05) is 0 Å². The lowest BCUT2D eigenvalue weighted by Crippen LogP contribution is -2.36. The number of carbonyl (C=O) groups excluding carboxylic acids is 1. The number of urea groups is 1. The molecule has 4 nitrogen and oxygen atoms in total. The molecule has 0 aliphatic heterocycles. The zero-order valence-corrected chi connectivity index (χ0v) is 12.4. The van der Waals surface area contributed by atoms with Crippen molar-refractivity contribution in [2.45, 2.75) is 25.3 Å². The van der Waals surface area contributed by atoms with Crippen LogP contribution in [0, 0.1) is 0 Å². The Labute approximate surface area is 134 Å². The number of ether oxygens (including phenoxy) is 1. The highest BCUT2D eigenvalue weighted by atomic mass is 19.4. The lowest BCUT2D eigenvalue weighted by molar-refractivity contribution is -0.173. The van der Waals surface area contributed by atoms with Crippen LogP contribution in [-0.2, 0) is 17.5 Å². The van der Waals surface area contributed by atoms with Gasteiger partial charge in [0.25, 0.3) is 0 Å². The van der Waals surface area contributed by atoms with Crippen LogP contribution in [0.3, 0.4) is 0 Å². The molecule has 0 aliphatic carbocycles. The summed E-state index contributed by atoms with van der Waals surface area (Å²) < 4.78 is 77.3. The Balaban J connectivity index is 2.23. The lowest BCUT2D eigenvalue weighted by Gasteiger charge is -2.11. The molecule has 0 saturated carbocycles. The molecule has 0 bridgehead atoms. The summed E-state index contributed by atoms with van der Waals surface area (Å²) in [7, 11) is 0. The van der Waals surface area contributed by atoms with Gasteiger partial charge in [-0.05, 0) is 24.1 Å². The van der Waals surface area contributed by atoms with E-state index in [4.69, 9.17) is 0 Å². The van der Waals surface area contributed by atoms with E-state index >= 15 is 0 Å². The van der Waals surface area contributed by atoms with Crippen LogP contribution < -0.4 is 10.6 Å². The zero-order chi connectivity index (χ0) is 18.2. The Morgan fingerprint density at radius 1 is 1.08 bits per heavy atom. The summed E-state index contributed by atoms with van der Waals surface area (Å²) in [5, 5.41) is 4.72. The Hall–Kier alpha value is -1.97. The predicted molar refractivity (Wildman–Crippen MR) is 73.2 cm³/mol. The van der Waals surface area contributed by atoms with Gasteiger partial charge in [-0.1, -0.05) is 12.1 Å². The van der Waals surface area contributed by atoms with Crippen LogP contribution in [0.2, 0.25) is 0 Å². The standard InChI is InChI=1S/C14H16F6N2O2/c15-13(16,17)9-24-6-2-5-21-12(23)22-8-10-3-1-4-11(7-10)14(18,19)20/h1,3-4,7H,2,5-6,8-9H2,(H2,21,22,23). The van der Waals surface area contributed by atoms with Crippen molar-refractivity contribution in [2.75, 3.05) is 19.8 Å². The summed E-state index contributed by atoms with van der Waals surface area (Å²) in [6.07, 6.45) is -8.68. The molecule has 2 amide bonds. The molecule has 0 fully saturated rings. The maximum atomic E-state index is 12.5. The van der Waals surface area contributed by atoms with E-state index < -0.39 is 30.6 Å². The minimum atomic E-state index is -4.46. The second kappa shape index (κ2) is 8.76. The number of benzene rings is 1. The van der Waals surface area contributed by atoms with Crippen LogP contribution in [0.25, 0.3) is 0 Å². The van der Waals surface area contributed by atoms with Crippen molar-refractivity contribution in [1.82, 2.24) is 10.6 Å². The predicted octanol–water partition coefficient (Wildman–Crippen LogP) is 3.47. The van der Waals surface area contributed by atoms with Crippen molar-refractivity contribution >= 4 is 6.03 Å². The SMILES string of the molecule is O=C(NCCCOCC(F)(F)F)NCc1cccc(C(F)(F)F)c1. The van der Waals surface area contributed by atoms with Crippen LogP contribution >= 0.6 is 0 Å². The van der Waals surface area contributed by atoms with E-state index in [-0.39, 0.29) is 31.7 Å². The third kappa shape index (κ3) is 8.61. The highest BCUT2D eigenvalue weighted by Crippen LogP contribution is 2.29. The molecule has 0 spiro atoms. The van der Waals surface area contributed by atoms with Gasteiger partial charge in [0.15, 0.2) is 0 Å². The number of halogens is 6. The summed E-state index contributed by atoms with van der Waals surface area (Å²) in [5.41, 5.74) is -0.544. The van der Waals surface area contributed by atoms with E-state index in [0.717, 1.165) is 12.1 Å². The molecule has 0 aliphatic rings. The van der Waals surface area contributed by atoms with E-state index in [2.05, 4.69) is 15.4 Å². The van der Waals surface area contributed by atoms with Crippen molar-refractivity contribution in [3.8, 4) is 0 Å². The minimum absolute atomic E-state index is 0.0757. The molecule has 0 unspecified atom stereocenters. The third-order valence-corrected chi connectivity index (χ3v) is 2.72. The van der Waals surface area contributed by atoms with Gasteiger partial charge in [-0.2, -0.15) is 26.3 Å². The Bertz CT molecular complexity index is 531. The minimum Gasteiger partial charge on any atom is -0.372 e. The Morgan fingerprint density at radius 2 is 1.79 bits per heavy atom. The average molecular weight is 358 g/mol. The van der Waals surface area contributed by atoms with Crippen molar-refractivity contribution in [3.05, 3.63) is 35.4 Å². The number of rotatable bonds is 7. The summed E-state index contributed by atoms with van der Waals surface area (Å²) in [6, 6.07) is 3.87. The molecule has 0 heterocycles. The molecule has 0 radical (unpaired) electrons. The highest BCUT2D eigenvalue weighted by Gasteiger charge is 2.30. The van der Waals surface area contributed by atoms with Gasteiger partial charge in [-0.15, -0.1) is 0 Å². The first-order valence-electron chi connectivity index (χ1n) is 6.90. The largest absolute Gasteiger partial charge is 0.416 e. The number of hydrogen-bond acceptors (Lipinski definition) is 2. The maximum absolute atomic E-state index is 12.5. The van der Waals surface area contributed by atoms with E-state index in [0.29, 0.717) is 0 Å². The molecular formula is C14H16F6N2O2. The second-order valence-electron chi connectivity index (χ2n) is 4.83. The molecule has 1 aromatic rings. The molecule has 1 aromatic carbocycles. The molecule has 136 valence electrons. The van der Waals surface area contributed by atoms with Gasteiger partial charge in [0.05, 0.1) is 5.56 Å². The quantitative estimate of drug-likeness (QED) is 0.579. The molecule has 2 N–H and O–H groups in total. The second-order valence-corrected chi connectivity index (χ2v) is 4.83. The maximum Gasteiger partial charge on any atom is 0.416 e. The first-order chi connectivity index (χ1) is 11.1. The summed E-state index contributed by atoms with van der Waals surface area (Å²) in [5.74, 6) is 0. The van der Waals surface area contributed by atoms with E-state index in [9.17, 15) is 31.1 Å². The number of nitrogens with one attached hydrogen (secondary N) is 2. The van der Waals surface area contributed by atoms with E-state index in [1.165, 1.54) is 12.1 Å². The van der Waals surface area contributed by atoms with Crippen LogP contribution in [0.15, 0.2) is 24.3 Å². The molecule has 10 heteroatoms. The van der Waals surface area contributed by atoms with Crippen molar-refractivity contribution in [3.63, 3.8) is 0 Å². The monoisotopic (exact) mass is 358 g/mol. The lowest BCUT2D eigenvalue weighted by atomic mass is 10.1. The third-order valence-electron chi connectivity index (χ3n) is 2.72. The number of hydrogen-bond donors (Lipinski definition) is 2. The van der Waals surface area contributed by atoms with Gasteiger partial charge < -0.3 is 15.4 Å². The van der Waals surface area contributed by atoms with Gasteiger partial charge in [0, 0.05) is 19.7 Å². The Morgan fingerprint density at radius 3 is 2.42 bits per heavy atom. The molecule has 0 saturated heterocycles. The van der Waals surface area contributed by atoms with Crippen LogP contribution in [0.4, 0.5) is 31.1 Å². The zero-order valence-electron chi connectivity index (χ0n) is 12.4. The Kier molecular flexibility index (Phi) is 7.33. The van der Waals surface area contributed by atoms with Crippen molar-refractivity contribution in [2.24, 2.45) is 0 Å². The van der Waals surface area contributed by atoms with E-state index in [1.54, 1.807) is 0 Å². The smallest absolute Gasteiger partial charge is 0.372 e. The van der Waals surface area contributed by atoms with Crippen LogP contribution in [0.1, 0.15) is 17.5 Å². The normalized spacial score (nSPS) is 12.1. The molecule has 0 aromatic heterocycles. The molecule has 0 atom stereocenters. The van der Waals surface area contributed by atoms with Gasteiger partial charge in [0.1, 0.15) is 6.61 Å².